The van der Waals surface area contributed by atoms with E-state index in [1.54, 1.807) is 6.07 Å². The number of imidazole rings is 1. The average molecular weight is 295 g/mol. The third-order valence-corrected chi connectivity index (χ3v) is 3.93. The van der Waals surface area contributed by atoms with Crippen molar-refractivity contribution >= 4 is 5.82 Å². The number of nitrogens with two attached hydrogens (primary N) is 1. The quantitative estimate of drug-likeness (QED) is 0.871. The van der Waals surface area contributed by atoms with Crippen molar-refractivity contribution in [2.45, 2.75) is 32.5 Å². The molecule has 1 aromatic heterocycles. The van der Waals surface area contributed by atoms with E-state index >= 15 is 0 Å². The van der Waals surface area contributed by atoms with Gasteiger partial charge in [-0.1, -0.05) is 25.1 Å². The highest BCUT2D eigenvalue weighted by Gasteiger charge is 2.35. The van der Waals surface area contributed by atoms with Crippen molar-refractivity contribution in [3.8, 4) is 11.3 Å². The monoisotopic (exact) mass is 295 g/mol. The van der Waals surface area contributed by atoms with Gasteiger partial charge in [0, 0.05) is 18.5 Å². The van der Waals surface area contributed by atoms with Crippen LogP contribution in [0.5, 0.6) is 0 Å². The van der Waals surface area contributed by atoms with Crippen LogP contribution in [0, 0.1) is 5.92 Å². The molecule has 0 aliphatic carbocycles. The number of hydrogen-bond acceptors (Lipinski definition) is 2. The number of rotatable bonds is 1. The fraction of sp³-hybridized carbons (Fsp3) is 0.400. The predicted octanol–water partition coefficient (Wildman–Crippen LogP) is 3.73. The molecule has 1 atom stereocenters. The largest absolute Gasteiger partial charge is 0.417 e. The van der Waals surface area contributed by atoms with Crippen molar-refractivity contribution in [1.82, 2.24) is 9.55 Å². The van der Waals surface area contributed by atoms with Gasteiger partial charge in [-0.15, -0.1) is 0 Å². The minimum Gasteiger partial charge on any atom is -0.383 e. The van der Waals surface area contributed by atoms with E-state index in [1.807, 2.05) is 4.57 Å². The molecule has 3 rings (SSSR count). The first-order valence-corrected chi connectivity index (χ1v) is 6.89. The van der Waals surface area contributed by atoms with Gasteiger partial charge in [-0.2, -0.15) is 13.2 Å². The second kappa shape index (κ2) is 4.79. The number of nitrogen functional groups attached to an aromatic ring is 1. The van der Waals surface area contributed by atoms with Crippen LogP contribution in [0.4, 0.5) is 19.0 Å². The number of hydrogen-bond donors (Lipinski definition) is 1. The highest BCUT2D eigenvalue weighted by atomic mass is 19.4. The van der Waals surface area contributed by atoms with Gasteiger partial charge < -0.3 is 10.3 Å². The molecule has 0 saturated heterocycles. The fourth-order valence-corrected chi connectivity index (χ4v) is 2.82. The number of alkyl halides is 3. The van der Waals surface area contributed by atoms with E-state index in [4.69, 9.17) is 5.73 Å². The van der Waals surface area contributed by atoms with E-state index in [1.165, 1.54) is 12.1 Å². The SMILES string of the molecule is CC1CCc2nc(-c3ccccc3C(F)(F)F)c(N)n2C1. The standard InChI is InChI=1S/C15H16F3N3/c1-9-6-7-12-20-13(14(19)21(12)8-9)10-4-2-3-5-11(10)15(16,17)18/h2-5,9H,6-8,19H2,1H3. The zero-order chi connectivity index (χ0) is 15.2. The van der Waals surface area contributed by atoms with Crippen molar-refractivity contribution in [3.05, 3.63) is 35.7 Å². The highest BCUT2D eigenvalue weighted by Crippen LogP contribution is 2.39. The van der Waals surface area contributed by atoms with Crippen LogP contribution in [0.3, 0.4) is 0 Å². The van der Waals surface area contributed by atoms with E-state index in [-0.39, 0.29) is 11.3 Å². The smallest absolute Gasteiger partial charge is 0.383 e. The molecule has 0 saturated carbocycles. The lowest BCUT2D eigenvalue weighted by Gasteiger charge is -2.20. The Balaban J connectivity index is 2.15. The van der Waals surface area contributed by atoms with Crippen LogP contribution in [0.1, 0.15) is 24.7 Å². The molecule has 0 fully saturated rings. The van der Waals surface area contributed by atoms with Gasteiger partial charge >= 0.3 is 6.18 Å². The van der Waals surface area contributed by atoms with Gasteiger partial charge in [0.1, 0.15) is 17.3 Å². The van der Waals surface area contributed by atoms with Gasteiger partial charge in [0.25, 0.3) is 0 Å². The molecule has 0 radical (unpaired) electrons. The van der Waals surface area contributed by atoms with Crippen LogP contribution >= 0.6 is 0 Å². The molecule has 2 N–H and O–H groups in total. The number of nitrogens with zero attached hydrogens (tertiary/aromatic N) is 2. The Morgan fingerprint density at radius 3 is 2.71 bits per heavy atom. The number of aryl methyl sites for hydroxylation is 1. The first-order chi connectivity index (χ1) is 9.88. The zero-order valence-corrected chi connectivity index (χ0v) is 11.6. The molecular formula is C15H16F3N3. The third kappa shape index (κ3) is 2.39. The summed E-state index contributed by atoms with van der Waals surface area (Å²) in [5.74, 6) is 1.56. The maximum absolute atomic E-state index is 13.1. The summed E-state index contributed by atoms with van der Waals surface area (Å²) in [6, 6.07) is 5.44. The first kappa shape index (κ1) is 14.0. The Bertz CT molecular complexity index is 673. The van der Waals surface area contributed by atoms with Gasteiger partial charge in [-0.25, -0.2) is 4.98 Å². The molecule has 1 aliphatic rings. The summed E-state index contributed by atoms with van der Waals surface area (Å²) in [4.78, 5) is 4.37. The van der Waals surface area contributed by atoms with Gasteiger partial charge in [-0.3, -0.25) is 0 Å². The molecule has 0 spiro atoms. The third-order valence-electron chi connectivity index (χ3n) is 3.93. The van der Waals surface area contributed by atoms with E-state index in [2.05, 4.69) is 11.9 Å². The van der Waals surface area contributed by atoms with E-state index in [0.29, 0.717) is 18.3 Å². The summed E-state index contributed by atoms with van der Waals surface area (Å²) in [6.45, 7) is 2.81. The van der Waals surface area contributed by atoms with Gasteiger partial charge in [0.2, 0.25) is 0 Å². The molecule has 1 unspecified atom stereocenters. The van der Waals surface area contributed by atoms with E-state index in [0.717, 1.165) is 24.7 Å². The van der Waals surface area contributed by atoms with Gasteiger partial charge in [0.05, 0.1) is 5.56 Å². The van der Waals surface area contributed by atoms with Gasteiger partial charge in [0.15, 0.2) is 0 Å². The molecule has 0 amide bonds. The number of aromatic nitrogens is 2. The van der Waals surface area contributed by atoms with Crippen LogP contribution in [-0.4, -0.2) is 9.55 Å². The Labute approximate surface area is 120 Å². The Morgan fingerprint density at radius 1 is 1.29 bits per heavy atom. The molecule has 2 aromatic rings. The summed E-state index contributed by atoms with van der Waals surface area (Å²) in [6.07, 6.45) is -2.68. The van der Waals surface area contributed by atoms with Gasteiger partial charge in [-0.05, 0) is 18.4 Å². The maximum atomic E-state index is 13.1. The Morgan fingerprint density at radius 2 is 2.00 bits per heavy atom. The molecule has 1 aliphatic heterocycles. The number of benzene rings is 1. The number of fused-ring (bicyclic) bond motifs is 1. The number of halogens is 3. The summed E-state index contributed by atoms with van der Waals surface area (Å²) in [5, 5.41) is 0. The first-order valence-electron chi connectivity index (χ1n) is 6.89. The fourth-order valence-electron chi connectivity index (χ4n) is 2.82. The lowest BCUT2D eigenvalue weighted by Crippen LogP contribution is -2.19. The lowest BCUT2D eigenvalue weighted by molar-refractivity contribution is -0.137. The summed E-state index contributed by atoms with van der Waals surface area (Å²) >= 11 is 0. The van der Waals surface area contributed by atoms with Crippen molar-refractivity contribution in [1.29, 1.82) is 0 Å². The highest BCUT2D eigenvalue weighted by molar-refractivity contribution is 5.74. The van der Waals surface area contributed by atoms with Crippen molar-refractivity contribution < 1.29 is 13.2 Å². The summed E-state index contributed by atoms with van der Waals surface area (Å²) in [7, 11) is 0. The summed E-state index contributed by atoms with van der Waals surface area (Å²) in [5.41, 5.74) is 5.66. The molecule has 1 aromatic carbocycles. The molecular weight excluding hydrogens is 279 g/mol. The lowest BCUT2D eigenvalue weighted by atomic mass is 10.0. The average Bonchev–Trinajstić information content (AvgIpc) is 2.75. The van der Waals surface area contributed by atoms with E-state index < -0.39 is 11.7 Å². The number of anilines is 1. The summed E-state index contributed by atoms with van der Waals surface area (Å²) < 4.78 is 41.3. The maximum Gasteiger partial charge on any atom is 0.417 e. The molecule has 0 bridgehead atoms. The Hall–Kier alpha value is -1.98. The molecule has 6 heteroatoms. The minimum absolute atomic E-state index is 0.0528. The van der Waals surface area contributed by atoms with Crippen LogP contribution in [0.15, 0.2) is 24.3 Å². The zero-order valence-electron chi connectivity index (χ0n) is 11.6. The van der Waals surface area contributed by atoms with Crippen LogP contribution in [-0.2, 0) is 19.1 Å². The second-order valence-electron chi connectivity index (χ2n) is 5.56. The van der Waals surface area contributed by atoms with Crippen molar-refractivity contribution in [2.24, 2.45) is 5.92 Å². The molecule has 21 heavy (non-hydrogen) atoms. The van der Waals surface area contributed by atoms with Crippen molar-refractivity contribution in [2.75, 3.05) is 5.73 Å². The normalized spacial score (nSPS) is 18.6. The molecule has 112 valence electrons. The minimum atomic E-state index is -4.42. The van der Waals surface area contributed by atoms with Crippen LogP contribution in [0.25, 0.3) is 11.3 Å². The molecule has 3 nitrogen and oxygen atoms in total. The Kier molecular flexibility index (Phi) is 3.19. The van der Waals surface area contributed by atoms with Crippen molar-refractivity contribution in [3.63, 3.8) is 0 Å². The second-order valence-corrected chi connectivity index (χ2v) is 5.56. The van der Waals surface area contributed by atoms with E-state index in [9.17, 15) is 13.2 Å². The predicted molar refractivity (Wildman–Crippen MR) is 74.6 cm³/mol. The molecule has 2 heterocycles. The topological polar surface area (TPSA) is 43.8 Å². The van der Waals surface area contributed by atoms with Crippen LogP contribution in [0.2, 0.25) is 0 Å². The van der Waals surface area contributed by atoms with Crippen LogP contribution < -0.4 is 5.73 Å².